The van der Waals surface area contributed by atoms with E-state index >= 15 is 0 Å². The molecule has 0 aliphatic carbocycles. The van der Waals surface area contributed by atoms with Crippen LogP contribution in [-0.2, 0) is 14.3 Å². The highest BCUT2D eigenvalue weighted by molar-refractivity contribution is 6.21. The number of imide groups is 1. The quantitative estimate of drug-likeness (QED) is 0.614. The standard InChI is InChI=1S/C21H20N2O5/c1-13-7-3-6-10-17(13)22-19(25)14(2)28-18(24)11-12-23-20(26)15-8-4-5-9-16(15)21(23)27/h3-10,14H,11-12H2,1-2H3,(H,22,25). The number of fused-ring (bicyclic) bond motifs is 1. The van der Waals surface area contributed by atoms with Crippen molar-refractivity contribution < 1.29 is 23.9 Å². The number of benzene rings is 2. The van der Waals surface area contributed by atoms with Crippen molar-refractivity contribution in [3.05, 3.63) is 65.2 Å². The fourth-order valence-corrected chi connectivity index (χ4v) is 2.90. The molecule has 144 valence electrons. The number of carbonyl (C=O) groups is 4. The maximum atomic E-state index is 12.3. The molecule has 7 heteroatoms. The maximum absolute atomic E-state index is 12.3. The largest absolute Gasteiger partial charge is 0.452 e. The van der Waals surface area contributed by atoms with Crippen molar-refractivity contribution in [2.75, 3.05) is 11.9 Å². The van der Waals surface area contributed by atoms with Crippen LogP contribution < -0.4 is 5.32 Å². The number of nitrogens with zero attached hydrogens (tertiary/aromatic N) is 1. The normalized spacial score (nSPS) is 13.9. The second-order valence-electron chi connectivity index (χ2n) is 6.49. The number of para-hydroxylation sites is 1. The van der Waals surface area contributed by atoms with Crippen LogP contribution in [0.25, 0.3) is 0 Å². The molecule has 1 unspecified atom stereocenters. The minimum atomic E-state index is -1.01. The Morgan fingerprint density at radius 1 is 1.00 bits per heavy atom. The highest BCUT2D eigenvalue weighted by Gasteiger charge is 2.35. The van der Waals surface area contributed by atoms with Gasteiger partial charge in [-0.05, 0) is 37.6 Å². The Kier molecular flexibility index (Phi) is 5.54. The van der Waals surface area contributed by atoms with Gasteiger partial charge in [0, 0.05) is 12.2 Å². The van der Waals surface area contributed by atoms with E-state index in [-0.39, 0.29) is 13.0 Å². The zero-order valence-corrected chi connectivity index (χ0v) is 15.6. The summed E-state index contributed by atoms with van der Waals surface area (Å²) in [7, 11) is 0. The van der Waals surface area contributed by atoms with E-state index in [1.54, 1.807) is 36.4 Å². The number of carbonyl (C=O) groups excluding carboxylic acids is 4. The van der Waals surface area contributed by atoms with Crippen molar-refractivity contribution in [2.24, 2.45) is 0 Å². The number of nitrogens with one attached hydrogen (secondary N) is 1. The van der Waals surface area contributed by atoms with E-state index in [0.29, 0.717) is 16.8 Å². The summed E-state index contributed by atoms with van der Waals surface area (Å²) >= 11 is 0. The molecule has 28 heavy (non-hydrogen) atoms. The SMILES string of the molecule is Cc1ccccc1NC(=O)C(C)OC(=O)CCN1C(=O)c2ccccc2C1=O. The molecule has 1 aliphatic rings. The van der Waals surface area contributed by atoms with E-state index in [9.17, 15) is 19.2 Å². The Bertz CT molecular complexity index is 918. The molecule has 0 spiro atoms. The van der Waals surface area contributed by atoms with Crippen molar-refractivity contribution in [1.82, 2.24) is 4.90 Å². The van der Waals surface area contributed by atoms with Gasteiger partial charge in [-0.2, -0.15) is 0 Å². The van der Waals surface area contributed by atoms with Gasteiger partial charge in [0.15, 0.2) is 6.10 Å². The molecule has 1 N–H and O–H groups in total. The Hall–Kier alpha value is -3.48. The summed E-state index contributed by atoms with van der Waals surface area (Å²) in [5, 5.41) is 2.70. The van der Waals surface area contributed by atoms with Crippen molar-refractivity contribution in [3.8, 4) is 0 Å². The van der Waals surface area contributed by atoms with Crippen molar-refractivity contribution in [1.29, 1.82) is 0 Å². The third-order valence-electron chi connectivity index (χ3n) is 4.50. The van der Waals surface area contributed by atoms with Crippen LogP contribution in [0, 0.1) is 6.92 Å². The van der Waals surface area contributed by atoms with Gasteiger partial charge in [-0.1, -0.05) is 30.3 Å². The Balaban J connectivity index is 1.52. The lowest BCUT2D eigenvalue weighted by molar-refractivity contribution is -0.153. The molecule has 0 radical (unpaired) electrons. The Morgan fingerprint density at radius 2 is 1.57 bits per heavy atom. The number of ether oxygens (including phenoxy) is 1. The molecule has 1 atom stereocenters. The van der Waals surface area contributed by atoms with E-state index in [2.05, 4.69) is 5.32 Å². The molecule has 0 saturated heterocycles. The number of amides is 3. The van der Waals surface area contributed by atoms with Crippen LogP contribution in [0.3, 0.4) is 0 Å². The summed E-state index contributed by atoms with van der Waals surface area (Å²) < 4.78 is 5.13. The number of aryl methyl sites for hydroxylation is 1. The van der Waals surface area contributed by atoms with E-state index in [4.69, 9.17) is 4.74 Å². The number of hydrogen-bond donors (Lipinski definition) is 1. The number of hydrogen-bond acceptors (Lipinski definition) is 5. The van der Waals surface area contributed by atoms with Crippen LogP contribution in [-0.4, -0.2) is 41.2 Å². The molecule has 3 rings (SSSR count). The zero-order chi connectivity index (χ0) is 20.3. The third-order valence-corrected chi connectivity index (χ3v) is 4.50. The lowest BCUT2D eigenvalue weighted by Gasteiger charge is -2.16. The summed E-state index contributed by atoms with van der Waals surface area (Å²) in [6.45, 7) is 3.22. The number of rotatable bonds is 6. The molecule has 0 saturated carbocycles. The minimum absolute atomic E-state index is 0.0999. The molecule has 3 amide bonds. The van der Waals surface area contributed by atoms with Gasteiger partial charge in [0.2, 0.25) is 0 Å². The fraction of sp³-hybridized carbons (Fsp3) is 0.238. The smallest absolute Gasteiger partial charge is 0.308 e. The average Bonchev–Trinajstić information content (AvgIpc) is 2.92. The third kappa shape index (κ3) is 3.93. The van der Waals surface area contributed by atoms with Crippen LogP contribution >= 0.6 is 0 Å². The van der Waals surface area contributed by atoms with Crippen LogP contribution in [0.1, 0.15) is 39.6 Å². The minimum Gasteiger partial charge on any atom is -0.452 e. The molecule has 1 aliphatic heterocycles. The van der Waals surface area contributed by atoms with E-state index < -0.39 is 29.8 Å². The first kappa shape index (κ1) is 19.3. The highest BCUT2D eigenvalue weighted by Crippen LogP contribution is 2.22. The zero-order valence-electron chi connectivity index (χ0n) is 15.6. The first-order valence-corrected chi connectivity index (χ1v) is 8.89. The van der Waals surface area contributed by atoms with Crippen molar-refractivity contribution in [2.45, 2.75) is 26.4 Å². The van der Waals surface area contributed by atoms with Crippen LogP contribution in [0.4, 0.5) is 5.69 Å². The molecule has 1 heterocycles. The lowest BCUT2D eigenvalue weighted by atomic mass is 10.1. The Morgan fingerprint density at radius 3 is 2.18 bits per heavy atom. The molecule has 0 aromatic heterocycles. The molecule has 0 bridgehead atoms. The summed E-state index contributed by atoms with van der Waals surface area (Å²) in [4.78, 5) is 49.8. The molecular weight excluding hydrogens is 360 g/mol. The van der Waals surface area contributed by atoms with Gasteiger partial charge in [0.25, 0.3) is 17.7 Å². The summed E-state index contributed by atoms with van der Waals surface area (Å²) in [6.07, 6.45) is -1.19. The second kappa shape index (κ2) is 8.04. The van der Waals surface area contributed by atoms with Gasteiger partial charge in [-0.3, -0.25) is 24.1 Å². The molecule has 2 aromatic rings. The average molecular weight is 380 g/mol. The highest BCUT2D eigenvalue weighted by atomic mass is 16.5. The number of esters is 1. The van der Waals surface area contributed by atoms with Gasteiger partial charge in [0.1, 0.15) is 0 Å². The van der Waals surface area contributed by atoms with Gasteiger partial charge >= 0.3 is 5.97 Å². The fourth-order valence-electron chi connectivity index (χ4n) is 2.90. The van der Waals surface area contributed by atoms with Gasteiger partial charge < -0.3 is 10.1 Å². The monoisotopic (exact) mass is 380 g/mol. The van der Waals surface area contributed by atoms with Crippen LogP contribution in [0.2, 0.25) is 0 Å². The van der Waals surface area contributed by atoms with E-state index in [1.807, 2.05) is 19.1 Å². The van der Waals surface area contributed by atoms with Gasteiger partial charge in [0.05, 0.1) is 17.5 Å². The van der Waals surface area contributed by atoms with E-state index in [1.165, 1.54) is 6.92 Å². The van der Waals surface area contributed by atoms with Crippen molar-refractivity contribution >= 4 is 29.4 Å². The second-order valence-corrected chi connectivity index (χ2v) is 6.49. The molecule has 7 nitrogen and oxygen atoms in total. The van der Waals surface area contributed by atoms with Crippen LogP contribution in [0.5, 0.6) is 0 Å². The predicted octanol–water partition coefficient (Wildman–Crippen LogP) is 2.55. The summed E-state index contributed by atoms with van der Waals surface area (Å²) in [5.41, 5.74) is 2.18. The topological polar surface area (TPSA) is 92.8 Å². The Labute approximate surface area is 162 Å². The molecule has 2 aromatic carbocycles. The first-order valence-electron chi connectivity index (χ1n) is 8.89. The first-order chi connectivity index (χ1) is 13.4. The van der Waals surface area contributed by atoms with Crippen molar-refractivity contribution in [3.63, 3.8) is 0 Å². The maximum Gasteiger partial charge on any atom is 0.308 e. The van der Waals surface area contributed by atoms with Gasteiger partial charge in [-0.15, -0.1) is 0 Å². The number of anilines is 1. The predicted molar refractivity (Wildman–Crippen MR) is 102 cm³/mol. The van der Waals surface area contributed by atoms with Gasteiger partial charge in [-0.25, -0.2) is 0 Å². The van der Waals surface area contributed by atoms with Crippen LogP contribution in [0.15, 0.2) is 48.5 Å². The summed E-state index contributed by atoms with van der Waals surface area (Å²) in [6, 6.07) is 13.8. The lowest BCUT2D eigenvalue weighted by Crippen LogP contribution is -2.34. The summed E-state index contributed by atoms with van der Waals surface area (Å²) in [5.74, 6) is -1.98. The molecule has 0 fully saturated rings. The molecular formula is C21H20N2O5. The van der Waals surface area contributed by atoms with E-state index in [0.717, 1.165) is 10.5 Å².